The SMILES string of the molecule is CC1CCCC(NC(=O)CN2CCN(c3noc(-c4ccccc4)n3)CC2)C1. The first-order valence-electron chi connectivity index (χ1n) is 10.3. The minimum atomic E-state index is 0.151. The van der Waals surface area contributed by atoms with Gasteiger partial charge in [0, 0.05) is 37.8 Å². The molecule has 1 aromatic heterocycles. The van der Waals surface area contributed by atoms with E-state index in [1.807, 2.05) is 30.3 Å². The fourth-order valence-electron chi connectivity index (χ4n) is 4.19. The van der Waals surface area contributed by atoms with Crippen LogP contribution in [0, 0.1) is 5.92 Å². The van der Waals surface area contributed by atoms with E-state index in [0.29, 0.717) is 24.4 Å². The van der Waals surface area contributed by atoms with Crippen LogP contribution in [0.4, 0.5) is 5.95 Å². The number of rotatable bonds is 5. The molecule has 2 unspecified atom stereocenters. The predicted molar refractivity (Wildman–Crippen MR) is 108 cm³/mol. The fraction of sp³-hybridized carbons (Fsp3) is 0.571. The van der Waals surface area contributed by atoms with Crippen molar-refractivity contribution in [2.45, 2.75) is 38.6 Å². The van der Waals surface area contributed by atoms with Crippen LogP contribution in [0.2, 0.25) is 0 Å². The molecule has 0 bridgehead atoms. The van der Waals surface area contributed by atoms with E-state index in [1.54, 1.807) is 0 Å². The van der Waals surface area contributed by atoms with Gasteiger partial charge in [-0.15, -0.1) is 0 Å². The van der Waals surface area contributed by atoms with E-state index in [-0.39, 0.29) is 5.91 Å². The van der Waals surface area contributed by atoms with Crippen LogP contribution < -0.4 is 10.2 Å². The molecule has 2 heterocycles. The predicted octanol–water partition coefficient (Wildman–Crippen LogP) is 2.55. The molecular formula is C21H29N5O2. The summed E-state index contributed by atoms with van der Waals surface area (Å²) in [5.74, 6) is 2.04. The summed E-state index contributed by atoms with van der Waals surface area (Å²) in [5.41, 5.74) is 0.925. The summed E-state index contributed by atoms with van der Waals surface area (Å²) in [7, 11) is 0. The maximum absolute atomic E-state index is 12.4. The molecule has 0 radical (unpaired) electrons. The third kappa shape index (κ3) is 4.70. The second-order valence-electron chi connectivity index (χ2n) is 8.06. The minimum Gasteiger partial charge on any atom is -0.352 e. The van der Waals surface area contributed by atoms with Crippen molar-refractivity contribution in [2.24, 2.45) is 5.92 Å². The van der Waals surface area contributed by atoms with Gasteiger partial charge in [-0.05, 0) is 36.0 Å². The van der Waals surface area contributed by atoms with Gasteiger partial charge in [-0.3, -0.25) is 9.69 Å². The van der Waals surface area contributed by atoms with E-state index in [4.69, 9.17) is 4.52 Å². The topological polar surface area (TPSA) is 74.5 Å². The molecule has 2 atom stereocenters. The first-order chi connectivity index (χ1) is 13.7. The van der Waals surface area contributed by atoms with Crippen molar-refractivity contribution in [2.75, 3.05) is 37.6 Å². The van der Waals surface area contributed by atoms with Crippen molar-refractivity contribution < 1.29 is 9.32 Å². The normalized spacial score (nSPS) is 23.5. The molecule has 2 aliphatic rings. The summed E-state index contributed by atoms with van der Waals surface area (Å²) in [4.78, 5) is 21.2. The fourth-order valence-corrected chi connectivity index (χ4v) is 4.19. The van der Waals surface area contributed by atoms with E-state index >= 15 is 0 Å². The Kier molecular flexibility index (Phi) is 5.90. The highest BCUT2D eigenvalue weighted by Gasteiger charge is 2.24. The third-order valence-corrected chi connectivity index (χ3v) is 5.76. The van der Waals surface area contributed by atoms with Crippen molar-refractivity contribution >= 4 is 11.9 Å². The molecule has 7 nitrogen and oxygen atoms in total. The van der Waals surface area contributed by atoms with Crippen LogP contribution in [-0.2, 0) is 4.79 Å². The highest BCUT2D eigenvalue weighted by atomic mass is 16.5. The first-order valence-corrected chi connectivity index (χ1v) is 10.3. The van der Waals surface area contributed by atoms with Crippen molar-refractivity contribution in [1.82, 2.24) is 20.4 Å². The molecule has 2 fully saturated rings. The minimum absolute atomic E-state index is 0.151. The van der Waals surface area contributed by atoms with Crippen LogP contribution in [0.3, 0.4) is 0 Å². The lowest BCUT2D eigenvalue weighted by Gasteiger charge is -2.34. The Labute approximate surface area is 166 Å². The maximum Gasteiger partial charge on any atom is 0.266 e. The van der Waals surface area contributed by atoms with E-state index in [1.165, 1.54) is 12.8 Å². The number of piperazine rings is 1. The van der Waals surface area contributed by atoms with Gasteiger partial charge < -0.3 is 14.7 Å². The Bertz CT molecular complexity index is 770. The number of hydrogen-bond donors (Lipinski definition) is 1. The Morgan fingerprint density at radius 1 is 1.18 bits per heavy atom. The van der Waals surface area contributed by atoms with Crippen LogP contribution in [0.5, 0.6) is 0 Å². The third-order valence-electron chi connectivity index (χ3n) is 5.76. The number of benzene rings is 1. The number of anilines is 1. The smallest absolute Gasteiger partial charge is 0.266 e. The van der Waals surface area contributed by atoms with Crippen molar-refractivity contribution in [1.29, 1.82) is 0 Å². The van der Waals surface area contributed by atoms with Crippen LogP contribution in [0.15, 0.2) is 34.9 Å². The van der Waals surface area contributed by atoms with Gasteiger partial charge in [-0.2, -0.15) is 4.98 Å². The van der Waals surface area contributed by atoms with Gasteiger partial charge in [-0.25, -0.2) is 0 Å². The van der Waals surface area contributed by atoms with Gasteiger partial charge >= 0.3 is 0 Å². The Morgan fingerprint density at radius 2 is 1.96 bits per heavy atom. The molecule has 150 valence electrons. The number of nitrogens with zero attached hydrogens (tertiary/aromatic N) is 4. The van der Waals surface area contributed by atoms with Crippen molar-refractivity contribution in [3.8, 4) is 11.5 Å². The van der Waals surface area contributed by atoms with E-state index < -0.39 is 0 Å². The summed E-state index contributed by atoms with van der Waals surface area (Å²) in [6, 6.07) is 10.1. The van der Waals surface area contributed by atoms with E-state index in [0.717, 1.165) is 50.5 Å². The molecule has 1 aliphatic carbocycles. The molecular weight excluding hydrogens is 354 g/mol. The van der Waals surface area contributed by atoms with Gasteiger partial charge in [0.15, 0.2) is 0 Å². The average molecular weight is 383 g/mol. The number of aromatic nitrogens is 2. The Hall–Kier alpha value is -2.41. The summed E-state index contributed by atoms with van der Waals surface area (Å²) in [6.07, 6.45) is 4.74. The molecule has 1 aliphatic heterocycles. The zero-order chi connectivity index (χ0) is 19.3. The quantitative estimate of drug-likeness (QED) is 0.855. The second kappa shape index (κ2) is 8.73. The molecule has 7 heteroatoms. The van der Waals surface area contributed by atoms with Crippen LogP contribution in [-0.4, -0.2) is 59.7 Å². The Balaban J connectivity index is 1.24. The molecule has 1 aromatic carbocycles. The van der Waals surface area contributed by atoms with Crippen LogP contribution in [0.1, 0.15) is 32.6 Å². The standard InChI is InChI=1S/C21H29N5O2/c1-16-6-5-9-18(14-16)22-19(27)15-25-10-12-26(13-11-25)21-23-20(28-24-21)17-7-3-2-4-8-17/h2-4,7-8,16,18H,5-6,9-15H2,1H3,(H,22,27). The van der Waals surface area contributed by atoms with Gasteiger partial charge in [0.1, 0.15) is 0 Å². The molecule has 0 spiro atoms. The van der Waals surface area contributed by atoms with Crippen LogP contribution >= 0.6 is 0 Å². The molecule has 1 amide bonds. The lowest BCUT2D eigenvalue weighted by atomic mass is 9.87. The highest BCUT2D eigenvalue weighted by molar-refractivity contribution is 5.78. The zero-order valence-electron chi connectivity index (χ0n) is 16.5. The van der Waals surface area contributed by atoms with Gasteiger partial charge in [-0.1, -0.05) is 38.0 Å². The molecule has 1 saturated carbocycles. The number of carbonyl (C=O) groups excluding carboxylic acids is 1. The van der Waals surface area contributed by atoms with Crippen molar-refractivity contribution in [3.05, 3.63) is 30.3 Å². The number of amides is 1. The van der Waals surface area contributed by atoms with Crippen LogP contribution in [0.25, 0.3) is 11.5 Å². The number of hydrogen-bond acceptors (Lipinski definition) is 6. The second-order valence-corrected chi connectivity index (χ2v) is 8.06. The molecule has 4 rings (SSSR count). The zero-order valence-corrected chi connectivity index (χ0v) is 16.5. The summed E-state index contributed by atoms with van der Waals surface area (Å²) in [6.45, 7) is 5.98. The van der Waals surface area contributed by atoms with E-state index in [9.17, 15) is 4.79 Å². The van der Waals surface area contributed by atoms with Gasteiger partial charge in [0.25, 0.3) is 11.8 Å². The molecule has 1 N–H and O–H groups in total. The van der Waals surface area contributed by atoms with E-state index in [2.05, 4.69) is 32.2 Å². The highest BCUT2D eigenvalue weighted by Crippen LogP contribution is 2.23. The number of carbonyl (C=O) groups is 1. The van der Waals surface area contributed by atoms with Gasteiger partial charge in [0.2, 0.25) is 5.91 Å². The summed E-state index contributed by atoms with van der Waals surface area (Å²) in [5, 5.41) is 7.36. The first kappa shape index (κ1) is 18.9. The average Bonchev–Trinajstić information content (AvgIpc) is 3.19. The lowest BCUT2D eigenvalue weighted by molar-refractivity contribution is -0.123. The lowest BCUT2D eigenvalue weighted by Crippen LogP contribution is -2.51. The molecule has 2 aromatic rings. The van der Waals surface area contributed by atoms with Crippen molar-refractivity contribution in [3.63, 3.8) is 0 Å². The number of nitrogens with one attached hydrogen (secondary N) is 1. The molecule has 1 saturated heterocycles. The van der Waals surface area contributed by atoms with Gasteiger partial charge in [0.05, 0.1) is 6.54 Å². The summed E-state index contributed by atoms with van der Waals surface area (Å²) >= 11 is 0. The Morgan fingerprint density at radius 3 is 2.71 bits per heavy atom. The summed E-state index contributed by atoms with van der Waals surface area (Å²) < 4.78 is 5.41. The monoisotopic (exact) mass is 383 g/mol. The maximum atomic E-state index is 12.4. The largest absolute Gasteiger partial charge is 0.352 e. The molecule has 28 heavy (non-hydrogen) atoms.